The molecule has 0 heterocycles. The summed E-state index contributed by atoms with van der Waals surface area (Å²) in [5.74, 6) is 0.389. The molecule has 3 rings (SSSR count). The van der Waals surface area contributed by atoms with E-state index in [9.17, 15) is 4.79 Å². The summed E-state index contributed by atoms with van der Waals surface area (Å²) in [5, 5.41) is 4.34. The Morgan fingerprint density at radius 2 is 1.43 bits per heavy atom. The van der Waals surface area contributed by atoms with Gasteiger partial charge in [-0.25, -0.2) is 5.43 Å². The third-order valence-electron chi connectivity index (χ3n) is 5.95. The van der Waals surface area contributed by atoms with Crippen LogP contribution in [0.1, 0.15) is 65.5 Å². The number of carbonyl (C=O) groups excluding carboxylic acids is 1. The molecule has 4 nitrogen and oxygen atoms in total. The number of nitrogens with one attached hydrogen (secondary N) is 1. The molecule has 0 fully saturated rings. The molecule has 0 saturated carbocycles. The Balaban J connectivity index is 1.55. The van der Waals surface area contributed by atoms with Crippen molar-refractivity contribution in [2.24, 2.45) is 10.5 Å². The van der Waals surface area contributed by atoms with Crippen LogP contribution in [0.15, 0.2) is 84.0 Å². The predicted octanol–water partition coefficient (Wildman–Crippen LogP) is 7.38. The molecule has 0 unspecified atom stereocenters. The maximum Gasteiger partial charge on any atom is 0.277 e. The van der Waals surface area contributed by atoms with Crippen molar-refractivity contribution in [1.82, 2.24) is 5.43 Å². The van der Waals surface area contributed by atoms with Gasteiger partial charge in [0.25, 0.3) is 5.91 Å². The first-order chi connectivity index (χ1) is 16.6. The monoisotopic (exact) mass is 470 g/mol. The van der Waals surface area contributed by atoms with Gasteiger partial charge in [-0.15, -0.1) is 0 Å². The Hall–Kier alpha value is -3.40. The molecule has 0 bridgehead atoms. The van der Waals surface area contributed by atoms with Crippen molar-refractivity contribution in [1.29, 1.82) is 0 Å². The second kappa shape index (κ2) is 11.4. The van der Waals surface area contributed by atoms with Crippen molar-refractivity contribution in [3.05, 3.63) is 90.0 Å². The van der Waals surface area contributed by atoms with Crippen molar-refractivity contribution in [2.45, 2.75) is 59.8 Å². The van der Waals surface area contributed by atoms with E-state index in [1.807, 2.05) is 49.4 Å². The van der Waals surface area contributed by atoms with Crippen LogP contribution in [0.2, 0.25) is 0 Å². The number of rotatable bonds is 9. The van der Waals surface area contributed by atoms with Crippen LogP contribution in [0, 0.1) is 5.41 Å². The summed E-state index contributed by atoms with van der Waals surface area (Å²) in [7, 11) is 0. The summed E-state index contributed by atoms with van der Waals surface area (Å²) in [5.41, 5.74) is 8.34. The van der Waals surface area contributed by atoms with E-state index in [4.69, 9.17) is 4.74 Å². The van der Waals surface area contributed by atoms with E-state index in [1.54, 1.807) is 0 Å². The highest BCUT2D eigenvalue weighted by Gasteiger charge is 2.27. The van der Waals surface area contributed by atoms with E-state index in [1.165, 1.54) is 11.1 Å². The minimum atomic E-state index is -0.283. The lowest BCUT2D eigenvalue weighted by Gasteiger charge is -2.33. The lowest BCUT2D eigenvalue weighted by Crippen LogP contribution is -2.26. The molecule has 4 heteroatoms. The van der Waals surface area contributed by atoms with Crippen LogP contribution in [0.3, 0.4) is 0 Å². The van der Waals surface area contributed by atoms with Gasteiger partial charge < -0.3 is 4.74 Å². The fourth-order valence-corrected chi connectivity index (χ4v) is 4.57. The number of nitrogens with zero attached hydrogens (tertiary/aromatic N) is 1. The Labute approximate surface area is 210 Å². The van der Waals surface area contributed by atoms with E-state index in [2.05, 4.69) is 81.5 Å². The highest BCUT2D eigenvalue weighted by atomic mass is 16.5. The zero-order chi connectivity index (χ0) is 25.5. The fraction of sp³-hybridized carbons (Fsp3) is 0.355. The molecule has 0 aromatic heterocycles. The standard InChI is InChI=1S/C31H38N2O2/c1-7-28(25-15-13-24(14-16-25)23-11-9-8-10-12-23)32-33-29(34)21-35-27-19-17-26(18-20-27)31(5,6)22-30(2,3)4/h8-20H,7,21-22H2,1-6H3,(H,33,34)/b32-28+. The summed E-state index contributed by atoms with van der Waals surface area (Å²) in [6, 6.07) is 26.5. The molecule has 35 heavy (non-hydrogen) atoms. The smallest absolute Gasteiger partial charge is 0.277 e. The molecule has 3 aromatic carbocycles. The van der Waals surface area contributed by atoms with Gasteiger partial charge in [0.15, 0.2) is 6.61 Å². The highest BCUT2D eigenvalue weighted by Crippen LogP contribution is 2.36. The lowest BCUT2D eigenvalue weighted by molar-refractivity contribution is -0.123. The van der Waals surface area contributed by atoms with Crippen LogP contribution in [-0.2, 0) is 10.2 Å². The topological polar surface area (TPSA) is 50.7 Å². The Kier molecular flexibility index (Phi) is 8.50. The average molecular weight is 471 g/mol. The predicted molar refractivity (Wildman–Crippen MR) is 146 cm³/mol. The van der Waals surface area contributed by atoms with E-state index in [0.717, 1.165) is 23.3 Å². The zero-order valence-corrected chi connectivity index (χ0v) is 21.9. The van der Waals surface area contributed by atoms with Gasteiger partial charge in [-0.05, 0) is 58.1 Å². The first kappa shape index (κ1) is 26.2. The van der Waals surface area contributed by atoms with Crippen LogP contribution < -0.4 is 10.2 Å². The van der Waals surface area contributed by atoms with Gasteiger partial charge in [-0.1, -0.05) is 108 Å². The van der Waals surface area contributed by atoms with E-state index in [-0.39, 0.29) is 23.3 Å². The Morgan fingerprint density at radius 3 is 2.00 bits per heavy atom. The quantitative estimate of drug-likeness (QED) is 0.262. The molecule has 1 N–H and O–H groups in total. The number of ether oxygens (including phenoxy) is 1. The largest absolute Gasteiger partial charge is 0.484 e. The van der Waals surface area contributed by atoms with Gasteiger partial charge in [-0.2, -0.15) is 5.10 Å². The van der Waals surface area contributed by atoms with Crippen LogP contribution in [0.5, 0.6) is 5.75 Å². The lowest BCUT2D eigenvalue weighted by atomic mass is 9.72. The maximum atomic E-state index is 12.3. The van der Waals surface area contributed by atoms with Gasteiger partial charge in [0.1, 0.15) is 5.75 Å². The van der Waals surface area contributed by atoms with Crippen LogP contribution in [-0.4, -0.2) is 18.2 Å². The molecule has 0 atom stereocenters. The summed E-state index contributed by atoms with van der Waals surface area (Å²) in [4.78, 5) is 12.3. The summed E-state index contributed by atoms with van der Waals surface area (Å²) < 4.78 is 5.69. The van der Waals surface area contributed by atoms with Gasteiger partial charge in [-0.3, -0.25) is 4.79 Å². The van der Waals surface area contributed by atoms with Crippen molar-refractivity contribution in [2.75, 3.05) is 6.61 Å². The van der Waals surface area contributed by atoms with E-state index in [0.29, 0.717) is 12.2 Å². The molecule has 3 aromatic rings. The van der Waals surface area contributed by atoms with Crippen LogP contribution in [0.25, 0.3) is 11.1 Å². The minimum absolute atomic E-state index is 0.0682. The molecule has 0 aliphatic rings. The van der Waals surface area contributed by atoms with Crippen LogP contribution in [0.4, 0.5) is 0 Å². The van der Waals surface area contributed by atoms with Crippen molar-refractivity contribution < 1.29 is 9.53 Å². The Morgan fingerprint density at radius 1 is 0.829 bits per heavy atom. The molecule has 0 aliphatic heterocycles. The maximum absolute atomic E-state index is 12.3. The summed E-state index contributed by atoms with van der Waals surface area (Å²) in [6.07, 6.45) is 1.78. The van der Waals surface area contributed by atoms with Gasteiger partial charge in [0.2, 0.25) is 0 Å². The third-order valence-corrected chi connectivity index (χ3v) is 5.95. The molecule has 0 saturated heterocycles. The first-order valence-electron chi connectivity index (χ1n) is 12.3. The zero-order valence-electron chi connectivity index (χ0n) is 21.9. The van der Waals surface area contributed by atoms with Crippen molar-refractivity contribution in [3.63, 3.8) is 0 Å². The molecule has 184 valence electrons. The number of carbonyl (C=O) groups is 1. The van der Waals surface area contributed by atoms with Gasteiger partial charge >= 0.3 is 0 Å². The third kappa shape index (κ3) is 7.81. The molecule has 0 radical (unpaired) electrons. The summed E-state index contributed by atoms with van der Waals surface area (Å²) in [6.45, 7) is 13.2. The second-order valence-electron chi connectivity index (χ2n) is 10.8. The first-order valence-corrected chi connectivity index (χ1v) is 12.3. The number of hydrogen-bond acceptors (Lipinski definition) is 3. The average Bonchev–Trinajstić information content (AvgIpc) is 2.83. The normalized spacial score (nSPS) is 12.3. The molecular weight excluding hydrogens is 432 g/mol. The SMILES string of the molecule is CC/C(=N\NC(=O)COc1ccc(C(C)(C)CC(C)(C)C)cc1)c1ccc(-c2ccccc2)cc1. The number of hydrogen-bond donors (Lipinski definition) is 1. The minimum Gasteiger partial charge on any atom is -0.484 e. The van der Waals surface area contributed by atoms with Crippen molar-refractivity contribution >= 4 is 11.6 Å². The number of hydrazone groups is 1. The molecule has 0 aliphatic carbocycles. The van der Waals surface area contributed by atoms with E-state index >= 15 is 0 Å². The highest BCUT2D eigenvalue weighted by molar-refractivity contribution is 6.01. The fourth-order valence-electron chi connectivity index (χ4n) is 4.57. The van der Waals surface area contributed by atoms with Crippen molar-refractivity contribution in [3.8, 4) is 16.9 Å². The van der Waals surface area contributed by atoms with Gasteiger partial charge in [0, 0.05) is 0 Å². The molecule has 0 spiro atoms. The summed E-state index contributed by atoms with van der Waals surface area (Å²) >= 11 is 0. The number of benzene rings is 3. The molecular formula is C31H38N2O2. The Bertz CT molecular complexity index is 1120. The van der Waals surface area contributed by atoms with Gasteiger partial charge in [0.05, 0.1) is 5.71 Å². The van der Waals surface area contributed by atoms with E-state index < -0.39 is 0 Å². The molecule has 1 amide bonds. The van der Waals surface area contributed by atoms with Crippen LogP contribution >= 0.6 is 0 Å². The second-order valence-corrected chi connectivity index (χ2v) is 10.8. The number of amides is 1.